The number of carbonyl (C=O) groups excluding carboxylic acids is 1. The molecule has 0 amide bonds. The number of hydrogen-bond acceptors (Lipinski definition) is 3. The molecule has 0 aromatic carbocycles. The topological polar surface area (TPSA) is 50.1 Å². The van der Waals surface area contributed by atoms with Crippen LogP contribution in [0.3, 0.4) is 0 Å². The first-order valence-corrected chi connectivity index (χ1v) is 3.44. The highest BCUT2D eigenvalue weighted by Gasteiger charge is 2.08. The minimum absolute atomic E-state index is 0.572. The SMILES string of the molecule is CCC[C@@H](C#N)OC(=O)S. The quantitative estimate of drug-likeness (QED) is 0.504. The van der Waals surface area contributed by atoms with Gasteiger partial charge >= 0.3 is 5.30 Å². The van der Waals surface area contributed by atoms with E-state index in [9.17, 15) is 4.79 Å². The van der Waals surface area contributed by atoms with Crippen LogP contribution in [0.25, 0.3) is 0 Å². The fourth-order valence-corrected chi connectivity index (χ4v) is 0.661. The minimum Gasteiger partial charge on any atom is -0.439 e. The molecule has 0 fully saturated rings. The summed E-state index contributed by atoms with van der Waals surface area (Å²) >= 11 is 3.37. The Balaban J connectivity index is 3.63. The fraction of sp³-hybridized carbons (Fsp3) is 0.667. The summed E-state index contributed by atoms with van der Waals surface area (Å²) in [6.45, 7) is 1.91. The molecule has 0 aromatic heterocycles. The van der Waals surface area contributed by atoms with Gasteiger partial charge in [-0.25, -0.2) is 4.79 Å². The predicted molar refractivity (Wildman–Crippen MR) is 39.8 cm³/mol. The van der Waals surface area contributed by atoms with Crippen LogP contribution < -0.4 is 0 Å². The summed E-state index contributed by atoms with van der Waals surface area (Å²) in [6.07, 6.45) is 0.761. The van der Waals surface area contributed by atoms with E-state index >= 15 is 0 Å². The third-order valence-corrected chi connectivity index (χ3v) is 1.04. The molecule has 0 radical (unpaired) electrons. The first-order valence-electron chi connectivity index (χ1n) is 3.00. The van der Waals surface area contributed by atoms with Crippen molar-refractivity contribution in [2.24, 2.45) is 0 Å². The second-order valence-corrected chi connectivity index (χ2v) is 2.16. The van der Waals surface area contributed by atoms with Gasteiger partial charge in [0.1, 0.15) is 6.07 Å². The van der Waals surface area contributed by atoms with Crippen LogP contribution in [0.15, 0.2) is 0 Å². The number of carbonyl (C=O) groups is 1. The molecule has 0 saturated carbocycles. The molecule has 3 nitrogen and oxygen atoms in total. The highest BCUT2D eigenvalue weighted by Crippen LogP contribution is 2.02. The van der Waals surface area contributed by atoms with Gasteiger partial charge in [-0.1, -0.05) is 26.0 Å². The van der Waals surface area contributed by atoms with Crippen molar-refractivity contribution in [3.63, 3.8) is 0 Å². The van der Waals surface area contributed by atoms with Gasteiger partial charge in [0.05, 0.1) is 0 Å². The first-order chi connectivity index (χ1) is 4.70. The van der Waals surface area contributed by atoms with Crippen molar-refractivity contribution in [2.75, 3.05) is 0 Å². The Labute approximate surface area is 65.4 Å². The van der Waals surface area contributed by atoms with Crippen LogP contribution in [-0.2, 0) is 4.74 Å². The molecule has 0 heterocycles. The summed E-state index contributed by atoms with van der Waals surface area (Å²) in [5.41, 5.74) is 0. The standard InChI is InChI=1S/C6H9NO2S/c1-2-3-5(4-7)9-6(8)10/h5H,2-3H2,1H3,(H,8,10)/t5-/m0/s1. The summed E-state index contributed by atoms with van der Waals surface area (Å²) in [7, 11) is 0. The van der Waals surface area contributed by atoms with E-state index in [4.69, 9.17) is 5.26 Å². The average Bonchev–Trinajstić information content (AvgIpc) is 1.86. The van der Waals surface area contributed by atoms with Crippen LogP contribution in [0.2, 0.25) is 0 Å². The second-order valence-electron chi connectivity index (χ2n) is 1.79. The van der Waals surface area contributed by atoms with Crippen LogP contribution in [0.1, 0.15) is 19.8 Å². The molecule has 0 unspecified atom stereocenters. The Hall–Kier alpha value is -0.690. The van der Waals surface area contributed by atoms with Crippen LogP contribution >= 0.6 is 12.6 Å². The monoisotopic (exact) mass is 159 g/mol. The maximum absolute atomic E-state index is 10.2. The van der Waals surface area contributed by atoms with Gasteiger partial charge in [0.2, 0.25) is 0 Å². The largest absolute Gasteiger partial charge is 0.439 e. The normalized spacial score (nSPS) is 11.7. The highest BCUT2D eigenvalue weighted by molar-refractivity contribution is 7.96. The Morgan fingerprint density at radius 2 is 2.50 bits per heavy atom. The molecule has 0 N–H and O–H groups in total. The van der Waals surface area contributed by atoms with E-state index in [2.05, 4.69) is 17.4 Å². The van der Waals surface area contributed by atoms with Gasteiger partial charge in [0.15, 0.2) is 6.10 Å². The van der Waals surface area contributed by atoms with Crippen molar-refractivity contribution in [1.29, 1.82) is 5.26 Å². The second kappa shape index (κ2) is 5.12. The van der Waals surface area contributed by atoms with Gasteiger partial charge in [-0.2, -0.15) is 5.26 Å². The van der Waals surface area contributed by atoms with Gasteiger partial charge in [-0.3, -0.25) is 0 Å². The van der Waals surface area contributed by atoms with E-state index in [1.807, 2.05) is 13.0 Å². The van der Waals surface area contributed by atoms with E-state index in [1.54, 1.807) is 0 Å². The first kappa shape index (κ1) is 9.31. The number of nitrogens with zero attached hydrogens (tertiary/aromatic N) is 1. The molecule has 56 valence electrons. The van der Waals surface area contributed by atoms with Gasteiger partial charge < -0.3 is 4.74 Å². The molecule has 10 heavy (non-hydrogen) atoms. The Morgan fingerprint density at radius 3 is 2.80 bits per heavy atom. The zero-order valence-corrected chi connectivity index (χ0v) is 6.60. The Kier molecular flexibility index (Phi) is 4.77. The van der Waals surface area contributed by atoms with Crippen LogP contribution in [0.4, 0.5) is 4.79 Å². The molecule has 0 aromatic rings. The van der Waals surface area contributed by atoms with Crippen molar-refractivity contribution in [3.8, 4) is 6.07 Å². The molecule has 4 heteroatoms. The Bertz CT molecular complexity index is 152. The van der Waals surface area contributed by atoms with Crippen molar-refractivity contribution >= 4 is 17.9 Å². The summed E-state index contributed by atoms with van der Waals surface area (Å²) in [5.74, 6) is 0. The minimum atomic E-state index is -0.694. The lowest BCUT2D eigenvalue weighted by atomic mass is 10.2. The average molecular weight is 159 g/mol. The highest BCUT2D eigenvalue weighted by atomic mass is 32.1. The van der Waals surface area contributed by atoms with E-state index in [0.29, 0.717) is 6.42 Å². The molecular formula is C6H9NO2S. The fourth-order valence-electron chi connectivity index (χ4n) is 0.534. The molecular weight excluding hydrogens is 150 g/mol. The molecule has 0 spiro atoms. The molecule has 1 atom stereocenters. The molecule has 0 aliphatic carbocycles. The zero-order valence-electron chi connectivity index (χ0n) is 5.70. The van der Waals surface area contributed by atoms with Gasteiger partial charge in [0, 0.05) is 0 Å². The van der Waals surface area contributed by atoms with Crippen molar-refractivity contribution < 1.29 is 9.53 Å². The summed E-state index contributed by atoms with van der Waals surface area (Å²) in [4.78, 5) is 10.2. The predicted octanol–water partition coefficient (Wildman–Crippen LogP) is 1.75. The van der Waals surface area contributed by atoms with E-state index in [-0.39, 0.29) is 0 Å². The Morgan fingerprint density at radius 1 is 1.90 bits per heavy atom. The van der Waals surface area contributed by atoms with Crippen LogP contribution in [-0.4, -0.2) is 11.4 Å². The summed E-state index contributed by atoms with van der Waals surface area (Å²) in [6, 6.07) is 1.84. The molecule has 0 aliphatic heterocycles. The van der Waals surface area contributed by atoms with E-state index in [0.717, 1.165) is 6.42 Å². The lowest BCUT2D eigenvalue weighted by Gasteiger charge is -2.05. The van der Waals surface area contributed by atoms with Gasteiger partial charge in [0.25, 0.3) is 0 Å². The third kappa shape index (κ3) is 4.21. The number of thiol groups is 1. The van der Waals surface area contributed by atoms with Crippen molar-refractivity contribution in [2.45, 2.75) is 25.9 Å². The lowest BCUT2D eigenvalue weighted by Crippen LogP contribution is -2.11. The molecule has 0 saturated heterocycles. The maximum Gasteiger partial charge on any atom is 0.365 e. The maximum atomic E-state index is 10.2. The number of ether oxygens (including phenoxy) is 1. The molecule has 0 rings (SSSR count). The summed E-state index contributed by atoms with van der Waals surface area (Å²) < 4.78 is 4.50. The molecule has 0 aliphatic rings. The van der Waals surface area contributed by atoms with Crippen LogP contribution in [0, 0.1) is 11.3 Å². The van der Waals surface area contributed by atoms with E-state index < -0.39 is 11.4 Å². The third-order valence-electron chi connectivity index (χ3n) is 0.938. The molecule has 0 bridgehead atoms. The lowest BCUT2D eigenvalue weighted by molar-refractivity contribution is 0.145. The smallest absolute Gasteiger partial charge is 0.365 e. The number of rotatable bonds is 3. The van der Waals surface area contributed by atoms with Gasteiger partial charge in [-0.05, 0) is 6.42 Å². The van der Waals surface area contributed by atoms with E-state index in [1.165, 1.54) is 0 Å². The zero-order chi connectivity index (χ0) is 7.98. The van der Waals surface area contributed by atoms with Crippen molar-refractivity contribution in [3.05, 3.63) is 0 Å². The van der Waals surface area contributed by atoms with Crippen molar-refractivity contribution in [1.82, 2.24) is 0 Å². The number of nitriles is 1. The van der Waals surface area contributed by atoms with Gasteiger partial charge in [-0.15, -0.1) is 0 Å². The number of hydrogen-bond donors (Lipinski definition) is 1. The van der Waals surface area contributed by atoms with Crippen LogP contribution in [0.5, 0.6) is 0 Å². The summed E-state index contributed by atoms with van der Waals surface area (Å²) in [5, 5.41) is 7.65.